The van der Waals surface area contributed by atoms with E-state index in [1.165, 1.54) is 16.7 Å². The van der Waals surface area contributed by atoms with Gasteiger partial charge in [0.1, 0.15) is 11.6 Å². The van der Waals surface area contributed by atoms with Crippen molar-refractivity contribution in [3.05, 3.63) is 65.0 Å². The van der Waals surface area contributed by atoms with Gasteiger partial charge in [-0.1, -0.05) is 35.9 Å². The predicted octanol–water partition coefficient (Wildman–Crippen LogP) is 5.34. The molecule has 1 saturated heterocycles. The van der Waals surface area contributed by atoms with Crippen LogP contribution in [0.3, 0.4) is 0 Å². The molecule has 2 heterocycles. The van der Waals surface area contributed by atoms with Crippen molar-refractivity contribution in [2.45, 2.75) is 45.6 Å². The molecule has 6 heteroatoms. The van der Waals surface area contributed by atoms with Crippen LogP contribution in [0.25, 0.3) is 10.9 Å². The van der Waals surface area contributed by atoms with Crippen LogP contribution < -0.4 is 5.32 Å². The Kier molecular flexibility index (Phi) is 5.30. The van der Waals surface area contributed by atoms with Crippen molar-refractivity contribution < 1.29 is 4.21 Å². The summed E-state index contributed by atoms with van der Waals surface area (Å²) in [4.78, 5) is 9.31. The van der Waals surface area contributed by atoms with Crippen molar-refractivity contribution in [2.24, 2.45) is 0 Å². The molecule has 1 aliphatic rings. The first-order valence-corrected chi connectivity index (χ1v) is 12.1. The normalized spacial score (nSPS) is 23.1. The molecular formula is C23H28N4OS. The van der Waals surface area contributed by atoms with Crippen molar-refractivity contribution in [1.82, 2.24) is 9.97 Å². The lowest BCUT2D eigenvalue weighted by molar-refractivity contribution is 0.598. The van der Waals surface area contributed by atoms with E-state index in [-0.39, 0.29) is 6.04 Å². The highest BCUT2D eigenvalue weighted by Crippen LogP contribution is 2.33. The molecule has 0 saturated carbocycles. The van der Waals surface area contributed by atoms with Crippen LogP contribution in [0.2, 0.25) is 0 Å². The summed E-state index contributed by atoms with van der Waals surface area (Å²) in [6, 6.07) is 15.0. The number of hydrogen-bond acceptors (Lipinski definition) is 5. The molecule has 1 aliphatic heterocycles. The molecule has 2 N–H and O–H groups in total. The largest absolute Gasteiger partial charge is 0.363 e. The second kappa shape index (κ2) is 7.75. The number of fused-ring (bicyclic) bond motifs is 1. The quantitative estimate of drug-likeness (QED) is 0.610. The molecule has 4 rings (SSSR count). The van der Waals surface area contributed by atoms with E-state index in [0.29, 0.717) is 17.4 Å². The third-order valence-corrected chi connectivity index (χ3v) is 7.58. The van der Waals surface area contributed by atoms with Gasteiger partial charge in [0.25, 0.3) is 0 Å². The van der Waals surface area contributed by atoms with Crippen LogP contribution in [0.1, 0.15) is 54.2 Å². The van der Waals surface area contributed by atoms with Crippen LogP contribution in [0.5, 0.6) is 0 Å². The van der Waals surface area contributed by atoms with Crippen LogP contribution in [-0.2, 0) is 9.73 Å². The minimum Gasteiger partial charge on any atom is -0.363 e. The highest BCUT2D eigenvalue weighted by molar-refractivity contribution is 7.92. The first-order chi connectivity index (χ1) is 13.8. The summed E-state index contributed by atoms with van der Waals surface area (Å²) in [5, 5.41) is 4.60. The summed E-state index contributed by atoms with van der Waals surface area (Å²) >= 11 is 0. The summed E-state index contributed by atoms with van der Waals surface area (Å²) in [6.45, 7) is 6.17. The Labute approximate surface area is 173 Å². The fourth-order valence-corrected chi connectivity index (χ4v) is 5.63. The lowest BCUT2D eigenvalue weighted by Crippen LogP contribution is -2.21. The molecule has 0 bridgehead atoms. The van der Waals surface area contributed by atoms with Crippen molar-refractivity contribution in [3.63, 3.8) is 0 Å². The van der Waals surface area contributed by atoms with Gasteiger partial charge in [-0.25, -0.2) is 14.2 Å². The SMILES string of the molecule is Cc1cccc([C@@H](C)Nc2nc(C)nc3ccc([C@H]4CC[S@@](=N)(=O)CC4)cc23)c1. The Morgan fingerprint density at radius 2 is 1.86 bits per heavy atom. The minimum absolute atomic E-state index is 0.124. The Balaban J connectivity index is 1.67. The zero-order chi connectivity index (χ0) is 20.6. The Morgan fingerprint density at radius 3 is 2.59 bits per heavy atom. The molecule has 0 amide bonds. The molecule has 29 heavy (non-hydrogen) atoms. The monoisotopic (exact) mass is 408 g/mol. The van der Waals surface area contributed by atoms with Gasteiger partial charge in [-0.3, -0.25) is 4.78 Å². The molecule has 0 radical (unpaired) electrons. The van der Waals surface area contributed by atoms with Crippen LogP contribution >= 0.6 is 0 Å². The number of nitrogens with one attached hydrogen (secondary N) is 2. The van der Waals surface area contributed by atoms with Gasteiger partial charge in [-0.05, 0) is 62.8 Å². The maximum atomic E-state index is 12.0. The van der Waals surface area contributed by atoms with E-state index >= 15 is 0 Å². The maximum absolute atomic E-state index is 12.0. The van der Waals surface area contributed by atoms with Gasteiger partial charge in [-0.2, -0.15) is 0 Å². The zero-order valence-electron chi connectivity index (χ0n) is 17.2. The van der Waals surface area contributed by atoms with Gasteiger partial charge in [0.2, 0.25) is 0 Å². The van der Waals surface area contributed by atoms with Gasteiger partial charge < -0.3 is 5.32 Å². The Morgan fingerprint density at radius 1 is 1.10 bits per heavy atom. The minimum atomic E-state index is -2.37. The first kappa shape index (κ1) is 19.8. The van der Waals surface area contributed by atoms with Crippen LogP contribution in [-0.4, -0.2) is 25.7 Å². The molecule has 1 fully saturated rings. The number of aromatic nitrogens is 2. The average Bonchev–Trinajstić information content (AvgIpc) is 2.67. The van der Waals surface area contributed by atoms with E-state index in [2.05, 4.69) is 66.6 Å². The molecule has 2 aromatic carbocycles. The molecule has 0 unspecified atom stereocenters. The third-order valence-electron chi connectivity index (χ3n) is 5.79. The molecule has 1 aromatic heterocycles. The molecule has 152 valence electrons. The van der Waals surface area contributed by atoms with E-state index in [9.17, 15) is 4.21 Å². The fourth-order valence-electron chi connectivity index (χ4n) is 4.10. The van der Waals surface area contributed by atoms with E-state index in [1.54, 1.807) is 0 Å². The van der Waals surface area contributed by atoms with E-state index < -0.39 is 9.73 Å². The van der Waals surface area contributed by atoms with Gasteiger partial charge in [-0.15, -0.1) is 0 Å². The van der Waals surface area contributed by atoms with E-state index in [4.69, 9.17) is 9.76 Å². The summed E-state index contributed by atoms with van der Waals surface area (Å²) in [7, 11) is -2.37. The van der Waals surface area contributed by atoms with Gasteiger partial charge in [0, 0.05) is 32.7 Å². The van der Waals surface area contributed by atoms with Crippen molar-refractivity contribution in [3.8, 4) is 0 Å². The second-order valence-corrected chi connectivity index (χ2v) is 10.6. The molecule has 1 atom stereocenters. The maximum Gasteiger partial charge on any atom is 0.138 e. The summed E-state index contributed by atoms with van der Waals surface area (Å²) in [5.41, 5.74) is 4.62. The number of nitrogens with zero attached hydrogens (tertiary/aromatic N) is 2. The van der Waals surface area contributed by atoms with Crippen molar-refractivity contribution in [2.75, 3.05) is 16.8 Å². The summed E-state index contributed by atoms with van der Waals surface area (Å²) in [6.07, 6.45) is 1.62. The number of anilines is 1. The highest BCUT2D eigenvalue weighted by atomic mass is 32.2. The van der Waals surface area contributed by atoms with Crippen LogP contribution in [0.4, 0.5) is 5.82 Å². The Bertz CT molecular complexity index is 1140. The van der Waals surface area contributed by atoms with Gasteiger partial charge in [0.05, 0.1) is 5.52 Å². The standard InChI is InChI=1S/C23H28N4OS/c1-15-5-4-6-19(13-15)16(2)25-23-21-14-20(7-8-22(21)26-17(3)27-23)18-9-11-29(24,28)12-10-18/h4-8,13-14,16,18,24H,9-12H2,1-3H3,(H,25,26,27)/t16-,18-,29+/m1/s1. The molecule has 0 spiro atoms. The number of hydrogen-bond donors (Lipinski definition) is 2. The third kappa shape index (κ3) is 4.42. The topological polar surface area (TPSA) is 78.7 Å². The number of aryl methyl sites for hydroxylation is 2. The molecule has 5 nitrogen and oxygen atoms in total. The van der Waals surface area contributed by atoms with Crippen molar-refractivity contribution >= 4 is 26.4 Å². The number of rotatable bonds is 4. The number of benzene rings is 2. The van der Waals surface area contributed by atoms with Gasteiger partial charge >= 0.3 is 0 Å². The van der Waals surface area contributed by atoms with Crippen LogP contribution in [0, 0.1) is 18.6 Å². The highest BCUT2D eigenvalue weighted by Gasteiger charge is 2.23. The molecule has 3 aromatic rings. The Hall–Kier alpha value is -2.47. The lowest BCUT2D eigenvalue weighted by Gasteiger charge is -2.24. The summed E-state index contributed by atoms with van der Waals surface area (Å²) in [5.74, 6) is 2.94. The zero-order valence-corrected chi connectivity index (χ0v) is 18.1. The predicted molar refractivity (Wildman–Crippen MR) is 120 cm³/mol. The fraction of sp³-hybridized carbons (Fsp3) is 0.391. The smallest absolute Gasteiger partial charge is 0.138 e. The second-order valence-electron chi connectivity index (χ2n) is 8.17. The van der Waals surface area contributed by atoms with Crippen molar-refractivity contribution in [1.29, 1.82) is 4.78 Å². The lowest BCUT2D eigenvalue weighted by atomic mass is 9.92. The van der Waals surface area contributed by atoms with E-state index in [1.807, 2.05) is 6.92 Å². The molecule has 0 aliphatic carbocycles. The summed E-state index contributed by atoms with van der Waals surface area (Å²) < 4.78 is 19.8. The molecular weight excluding hydrogens is 380 g/mol. The van der Waals surface area contributed by atoms with Crippen LogP contribution in [0.15, 0.2) is 42.5 Å². The average molecular weight is 409 g/mol. The van der Waals surface area contributed by atoms with E-state index in [0.717, 1.165) is 35.4 Å². The van der Waals surface area contributed by atoms with Gasteiger partial charge in [0.15, 0.2) is 0 Å². The first-order valence-electron chi connectivity index (χ1n) is 10.2.